The molecule has 6 heteroatoms. The third kappa shape index (κ3) is 4.27. The third-order valence-corrected chi connectivity index (χ3v) is 6.12. The Hall–Kier alpha value is -3.51. The van der Waals surface area contributed by atoms with Crippen LogP contribution in [-0.4, -0.2) is 45.5 Å². The zero-order valence-electron chi connectivity index (χ0n) is 18.1. The van der Waals surface area contributed by atoms with Gasteiger partial charge in [-0.2, -0.15) is 0 Å². The van der Waals surface area contributed by atoms with Crippen LogP contribution in [0, 0.1) is 0 Å². The minimum atomic E-state index is -0.367. The highest BCUT2D eigenvalue weighted by Crippen LogP contribution is 2.28. The van der Waals surface area contributed by atoms with E-state index in [4.69, 9.17) is 4.74 Å². The van der Waals surface area contributed by atoms with Crippen molar-refractivity contribution in [3.8, 4) is 5.69 Å². The van der Waals surface area contributed by atoms with Crippen molar-refractivity contribution in [3.05, 3.63) is 90.0 Å². The topological polar surface area (TPSA) is 60.2 Å². The second-order valence-electron chi connectivity index (χ2n) is 8.45. The molecular weight excluding hydrogens is 400 g/mol. The molecular formula is C26H26N4O2. The van der Waals surface area contributed by atoms with Crippen molar-refractivity contribution >= 4 is 17.0 Å². The normalized spacial score (nSPS) is 16.8. The largest absolute Gasteiger partial charge is 0.457 e. The van der Waals surface area contributed by atoms with Gasteiger partial charge in [0.2, 0.25) is 0 Å². The summed E-state index contributed by atoms with van der Waals surface area (Å²) in [5, 5.41) is 0. The first-order chi connectivity index (χ1) is 15.7. The average Bonchev–Trinajstić information content (AvgIpc) is 3.27. The number of pyridine rings is 1. The molecule has 1 aliphatic rings. The summed E-state index contributed by atoms with van der Waals surface area (Å²) in [6.07, 6.45) is 7.67. The summed E-state index contributed by atoms with van der Waals surface area (Å²) in [6.45, 7) is 2.47. The van der Waals surface area contributed by atoms with Gasteiger partial charge in [-0.05, 0) is 74.3 Å². The van der Waals surface area contributed by atoms with Crippen LogP contribution in [0.5, 0.6) is 0 Å². The molecule has 2 aromatic heterocycles. The number of imidazole rings is 1. The standard InChI is InChI=1S/C26H26N4O2/c1-29-12-4-7-22(16-29)20-6-2-8-23(13-20)30-18-28-24-14-21(9-10-25(24)30)26(31)32-17-19-5-3-11-27-15-19/h2-3,5-6,8-11,13-15,18,22H,4,7,12,16-17H2,1H3. The van der Waals surface area contributed by atoms with E-state index in [9.17, 15) is 4.79 Å². The minimum Gasteiger partial charge on any atom is -0.457 e. The molecule has 1 aliphatic heterocycles. The maximum Gasteiger partial charge on any atom is 0.338 e. The van der Waals surface area contributed by atoms with Gasteiger partial charge in [0.25, 0.3) is 0 Å². The molecule has 162 valence electrons. The Kier molecular flexibility index (Phi) is 5.69. The Balaban J connectivity index is 1.36. The molecule has 0 spiro atoms. The zero-order valence-corrected chi connectivity index (χ0v) is 18.1. The second-order valence-corrected chi connectivity index (χ2v) is 8.45. The lowest BCUT2D eigenvalue weighted by molar-refractivity contribution is 0.0472. The number of likely N-dealkylation sites (tertiary alicyclic amines) is 1. The lowest BCUT2D eigenvalue weighted by Gasteiger charge is -2.30. The minimum absolute atomic E-state index is 0.197. The Morgan fingerprint density at radius 3 is 2.94 bits per heavy atom. The zero-order chi connectivity index (χ0) is 21.9. The van der Waals surface area contributed by atoms with Crippen LogP contribution in [0.2, 0.25) is 0 Å². The van der Waals surface area contributed by atoms with Crippen LogP contribution >= 0.6 is 0 Å². The van der Waals surface area contributed by atoms with Crippen LogP contribution in [-0.2, 0) is 11.3 Å². The molecule has 4 aromatic rings. The molecule has 1 saturated heterocycles. The quantitative estimate of drug-likeness (QED) is 0.437. The van der Waals surface area contributed by atoms with Crippen molar-refractivity contribution in [2.24, 2.45) is 0 Å². The van der Waals surface area contributed by atoms with E-state index in [1.807, 2.05) is 24.5 Å². The number of hydrogen-bond donors (Lipinski definition) is 0. The third-order valence-electron chi connectivity index (χ3n) is 6.12. The van der Waals surface area contributed by atoms with Crippen LogP contribution in [0.4, 0.5) is 0 Å². The predicted molar refractivity (Wildman–Crippen MR) is 124 cm³/mol. The van der Waals surface area contributed by atoms with Crippen molar-refractivity contribution in [3.63, 3.8) is 0 Å². The molecule has 0 bridgehead atoms. The van der Waals surface area contributed by atoms with Crippen LogP contribution in [0.1, 0.15) is 40.2 Å². The van der Waals surface area contributed by atoms with Gasteiger partial charge in [0.15, 0.2) is 0 Å². The van der Waals surface area contributed by atoms with E-state index < -0.39 is 0 Å². The van der Waals surface area contributed by atoms with E-state index in [0.29, 0.717) is 11.5 Å². The maximum absolute atomic E-state index is 12.5. The molecule has 5 rings (SSSR count). The van der Waals surface area contributed by atoms with Crippen LogP contribution in [0.15, 0.2) is 73.3 Å². The number of rotatable bonds is 5. The van der Waals surface area contributed by atoms with Gasteiger partial charge in [-0.1, -0.05) is 18.2 Å². The Labute approximate surface area is 187 Å². The van der Waals surface area contributed by atoms with Gasteiger partial charge < -0.3 is 9.64 Å². The molecule has 1 fully saturated rings. The fourth-order valence-electron chi connectivity index (χ4n) is 4.43. The Morgan fingerprint density at radius 1 is 1.16 bits per heavy atom. The average molecular weight is 427 g/mol. The van der Waals surface area contributed by atoms with Gasteiger partial charge in [-0.15, -0.1) is 0 Å². The summed E-state index contributed by atoms with van der Waals surface area (Å²) in [5.74, 6) is 0.193. The number of hydrogen-bond acceptors (Lipinski definition) is 5. The summed E-state index contributed by atoms with van der Waals surface area (Å²) in [5.41, 5.74) is 5.54. The molecule has 0 amide bonds. The highest BCUT2D eigenvalue weighted by Gasteiger charge is 2.19. The summed E-state index contributed by atoms with van der Waals surface area (Å²) < 4.78 is 7.51. The second kappa shape index (κ2) is 8.93. The van der Waals surface area contributed by atoms with E-state index >= 15 is 0 Å². The predicted octanol–water partition coefficient (Wildman–Crippen LogP) is 4.59. The van der Waals surface area contributed by atoms with E-state index in [1.54, 1.807) is 24.5 Å². The number of nitrogens with zero attached hydrogens (tertiary/aromatic N) is 4. The smallest absolute Gasteiger partial charge is 0.338 e. The first-order valence-electron chi connectivity index (χ1n) is 11.0. The van der Waals surface area contributed by atoms with Crippen molar-refractivity contribution in [2.75, 3.05) is 20.1 Å². The monoisotopic (exact) mass is 426 g/mol. The fraction of sp³-hybridized carbons (Fsp3) is 0.269. The number of piperidine rings is 1. The summed E-state index contributed by atoms with van der Waals surface area (Å²) in [6, 6.07) is 17.9. The first-order valence-corrected chi connectivity index (χ1v) is 11.0. The van der Waals surface area contributed by atoms with Crippen molar-refractivity contribution < 1.29 is 9.53 Å². The molecule has 32 heavy (non-hydrogen) atoms. The lowest BCUT2D eigenvalue weighted by Crippen LogP contribution is -2.30. The van der Waals surface area contributed by atoms with Gasteiger partial charge in [0.1, 0.15) is 12.9 Å². The van der Waals surface area contributed by atoms with Crippen LogP contribution in [0.3, 0.4) is 0 Å². The van der Waals surface area contributed by atoms with E-state index in [0.717, 1.165) is 28.8 Å². The molecule has 0 saturated carbocycles. The molecule has 1 unspecified atom stereocenters. The number of carbonyl (C=O) groups is 1. The van der Waals surface area contributed by atoms with Crippen LogP contribution in [0.25, 0.3) is 16.7 Å². The van der Waals surface area contributed by atoms with Gasteiger partial charge >= 0.3 is 5.97 Å². The van der Waals surface area contributed by atoms with E-state index in [-0.39, 0.29) is 12.6 Å². The number of ether oxygens (including phenoxy) is 1. The number of aromatic nitrogens is 3. The Morgan fingerprint density at radius 2 is 2.09 bits per heavy atom. The number of esters is 1. The molecule has 0 aliphatic carbocycles. The summed E-state index contributed by atoms with van der Waals surface area (Å²) >= 11 is 0. The molecule has 6 nitrogen and oxygen atoms in total. The fourth-order valence-corrected chi connectivity index (χ4v) is 4.43. The maximum atomic E-state index is 12.5. The SMILES string of the molecule is CN1CCCC(c2cccc(-n3cnc4cc(C(=O)OCc5cccnc5)ccc43)c2)C1. The van der Waals surface area contributed by atoms with Crippen molar-refractivity contribution in [1.82, 2.24) is 19.4 Å². The number of fused-ring (bicyclic) bond motifs is 1. The first kappa shape index (κ1) is 20.4. The van der Waals surface area contributed by atoms with E-state index in [2.05, 4.69) is 50.7 Å². The van der Waals surface area contributed by atoms with E-state index in [1.165, 1.54) is 24.9 Å². The molecule has 0 N–H and O–H groups in total. The summed E-state index contributed by atoms with van der Waals surface area (Å²) in [4.78, 5) is 23.5. The number of carbonyl (C=O) groups excluding carboxylic acids is 1. The molecule has 0 radical (unpaired) electrons. The van der Waals surface area contributed by atoms with Gasteiger partial charge in [-0.3, -0.25) is 9.55 Å². The van der Waals surface area contributed by atoms with Gasteiger partial charge in [-0.25, -0.2) is 9.78 Å². The van der Waals surface area contributed by atoms with Gasteiger partial charge in [0.05, 0.1) is 16.6 Å². The lowest BCUT2D eigenvalue weighted by atomic mass is 9.90. The number of benzene rings is 2. The molecule has 1 atom stereocenters. The highest BCUT2D eigenvalue weighted by atomic mass is 16.5. The van der Waals surface area contributed by atoms with Crippen molar-refractivity contribution in [1.29, 1.82) is 0 Å². The van der Waals surface area contributed by atoms with Crippen LogP contribution < -0.4 is 0 Å². The highest BCUT2D eigenvalue weighted by molar-refractivity contribution is 5.94. The molecule has 3 heterocycles. The molecule has 2 aromatic carbocycles. The number of likely N-dealkylation sites (N-methyl/N-ethyl adjacent to an activating group) is 1. The van der Waals surface area contributed by atoms with Crippen molar-refractivity contribution in [2.45, 2.75) is 25.4 Å². The Bertz CT molecular complexity index is 1240. The van der Waals surface area contributed by atoms with Gasteiger partial charge in [0, 0.05) is 30.2 Å². The summed E-state index contributed by atoms with van der Waals surface area (Å²) in [7, 11) is 2.19.